The maximum absolute atomic E-state index is 13.1. The molecule has 1 aromatic heterocycles. The number of hydrogen-bond donors (Lipinski definition) is 1. The van der Waals surface area contributed by atoms with Gasteiger partial charge in [-0.3, -0.25) is 4.79 Å². The highest BCUT2D eigenvalue weighted by Crippen LogP contribution is 2.33. The average molecular weight is 515 g/mol. The molecule has 2 aromatic carbocycles. The Hall–Kier alpha value is -3.02. The number of rotatable bonds is 5. The third-order valence-corrected chi connectivity index (χ3v) is 9.72. The van der Waals surface area contributed by atoms with Gasteiger partial charge in [-0.05, 0) is 56.2 Å². The van der Waals surface area contributed by atoms with Crippen molar-refractivity contribution >= 4 is 31.6 Å². The summed E-state index contributed by atoms with van der Waals surface area (Å²) in [5.74, 6) is -0.545. The van der Waals surface area contributed by atoms with Crippen LogP contribution in [0.5, 0.6) is 0 Å². The molecule has 0 atom stereocenters. The first-order chi connectivity index (χ1) is 16.6. The van der Waals surface area contributed by atoms with E-state index in [0.29, 0.717) is 35.9 Å². The molecular formula is C24H26N4O5S2. The van der Waals surface area contributed by atoms with Crippen LogP contribution < -0.4 is 5.32 Å². The lowest BCUT2D eigenvalue weighted by atomic mass is 10.2. The maximum atomic E-state index is 13.1. The van der Waals surface area contributed by atoms with Crippen LogP contribution in [0.25, 0.3) is 5.69 Å². The van der Waals surface area contributed by atoms with Crippen LogP contribution in [0.1, 0.15) is 46.4 Å². The summed E-state index contributed by atoms with van der Waals surface area (Å²) >= 11 is 0. The van der Waals surface area contributed by atoms with Crippen molar-refractivity contribution in [2.24, 2.45) is 0 Å². The maximum Gasteiger partial charge on any atom is 0.256 e. The Morgan fingerprint density at radius 3 is 2.26 bits per heavy atom. The van der Waals surface area contributed by atoms with Crippen molar-refractivity contribution in [2.75, 3.05) is 18.4 Å². The summed E-state index contributed by atoms with van der Waals surface area (Å²) < 4.78 is 53.2. The molecule has 11 heteroatoms. The van der Waals surface area contributed by atoms with Crippen LogP contribution in [0.4, 0.5) is 5.82 Å². The van der Waals surface area contributed by atoms with Crippen molar-refractivity contribution in [1.82, 2.24) is 14.1 Å². The standard InChI is InChI=1S/C24H26N4O5S2/c1-17-5-9-19(10-6-17)28-23(21-15-34(30,31)16-22(21)26-28)25-24(29)18-7-11-20(12-8-18)35(32,33)27-13-3-2-4-14-27/h5-12H,2-4,13-16H2,1H3,(H,25,29). The molecule has 35 heavy (non-hydrogen) atoms. The summed E-state index contributed by atoms with van der Waals surface area (Å²) in [6, 6.07) is 13.3. The highest BCUT2D eigenvalue weighted by Gasteiger charge is 2.33. The first kappa shape index (κ1) is 23.7. The molecule has 1 N–H and O–H groups in total. The number of benzene rings is 2. The Balaban J connectivity index is 1.43. The molecule has 3 heterocycles. The second kappa shape index (κ2) is 8.89. The fraction of sp³-hybridized carbons (Fsp3) is 0.333. The van der Waals surface area contributed by atoms with E-state index >= 15 is 0 Å². The topological polar surface area (TPSA) is 118 Å². The van der Waals surface area contributed by atoms with Gasteiger partial charge in [-0.25, -0.2) is 21.5 Å². The van der Waals surface area contributed by atoms with Gasteiger partial charge in [-0.2, -0.15) is 9.40 Å². The zero-order valence-electron chi connectivity index (χ0n) is 19.3. The Bertz CT molecular complexity index is 1490. The molecule has 3 aromatic rings. The third-order valence-electron chi connectivity index (χ3n) is 6.37. The number of nitrogens with one attached hydrogen (secondary N) is 1. The van der Waals surface area contributed by atoms with Crippen molar-refractivity contribution in [3.8, 4) is 5.69 Å². The lowest BCUT2D eigenvalue weighted by molar-refractivity contribution is 0.102. The van der Waals surface area contributed by atoms with E-state index in [4.69, 9.17) is 0 Å². The van der Waals surface area contributed by atoms with Gasteiger partial charge in [0.15, 0.2) is 9.84 Å². The van der Waals surface area contributed by atoms with E-state index in [1.165, 1.54) is 28.6 Å². The lowest BCUT2D eigenvalue weighted by Gasteiger charge is -2.25. The first-order valence-corrected chi connectivity index (χ1v) is 14.7. The SMILES string of the molecule is Cc1ccc(-n2nc3c(c2NC(=O)c2ccc(S(=O)(=O)N4CCCCC4)cc2)CS(=O)(=O)C3)cc1. The summed E-state index contributed by atoms with van der Waals surface area (Å²) in [4.78, 5) is 13.3. The number of aromatic nitrogens is 2. The van der Waals surface area contributed by atoms with Crippen molar-refractivity contribution in [2.45, 2.75) is 42.6 Å². The number of sulfonamides is 1. The van der Waals surface area contributed by atoms with Crippen molar-refractivity contribution in [1.29, 1.82) is 0 Å². The Labute approximate surface area is 204 Å². The van der Waals surface area contributed by atoms with Gasteiger partial charge in [0, 0.05) is 24.2 Å². The number of carbonyl (C=O) groups is 1. The summed E-state index contributed by atoms with van der Waals surface area (Å²) in [5.41, 5.74) is 2.91. The number of nitrogens with zero attached hydrogens (tertiary/aromatic N) is 3. The van der Waals surface area contributed by atoms with Crippen molar-refractivity contribution < 1.29 is 21.6 Å². The number of carbonyl (C=O) groups excluding carboxylic acids is 1. The van der Waals surface area contributed by atoms with Gasteiger partial charge in [0.25, 0.3) is 5.91 Å². The summed E-state index contributed by atoms with van der Waals surface area (Å²) in [6.45, 7) is 2.96. The summed E-state index contributed by atoms with van der Waals surface area (Å²) in [6.07, 6.45) is 2.71. The van der Waals surface area contributed by atoms with Gasteiger partial charge in [-0.1, -0.05) is 24.1 Å². The molecule has 1 saturated heterocycles. The second-order valence-electron chi connectivity index (χ2n) is 9.00. The van der Waals surface area contributed by atoms with Gasteiger partial charge >= 0.3 is 0 Å². The van der Waals surface area contributed by atoms with Crippen LogP contribution >= 0.6 is 0 Å². The predicted octanol–water partition coefficient (Wildman–Crippen LogP) is 3.04. The Kier molecular flexibility index (Phi) is 6.02. The molecule has 5 rings (SSSR count). The molecule has 0 aliphatic carbocycles. The van der Waals surface area contributed by atoms with Gasteiger partial charge in [-0.15, -0.1) is 0 Å². The van der Waals surface area contributed by atoms with Crippen LogP contribution in [0.2, 0.25) is 0 Å². The molecule has 0 spiro atoms. The fourth-order valence-electron chi connectivity index (χ4n) is 4.46. The number of anilines is 1. The molecule has 0 unspecified atom stereocenters. The predicted molar refractivity (Wildman–Crippen MR) is 132 cm³/mol. The highest BCUT2D eigenvalue weighted by molar-refractivity contribution is 7.90. The average Bonchev–Trinajstić information content (AvgIpc) is 3.32. The van der Waals surface area contributed by atoms with Gasteiger partial charge in [0.1, 0.15) is 5.82 Å². The molecule has 0 saturated carbocycles. The molecule has 0 radical (unpaired) electrons. The van der Waals surface area contributed by atoms with Gasteiger partial charge in [0.05, 0.1) is 27.8 Å². The van der Waals surface area contributed by atoms with Crippen molar-refractivity contribution in [3.63, 3.8) is 0 Å². The van der Waals surface area contributed by atoms with E-state index in [0.717, 1.165) is 24.8 Å². The van der Waals surface area contributed by atoms with E-state index < -0.39 is 25.8 Å². The minimum atomic E-state index is -3.60. The molecule has 2 aliphatic rings. The number of amides is 1. The largest absolute Gasteiger partial charge is 0.306 e. The molecule has 1 amide bonds. The number of sulfone groups is 1. The molecule has 9 nitrogen and oxygen atoms in total. The van der Waals surface area contributed by atoms with Gasteiger partial charge < -0.3 is 5.32 Å². The minimum Gasteiger partial charge on any atom is -0.306 e. The third kappa shape index (κ3) is 4.63. The number of piperidine rings is 1. The molecule has 2 aliphatic heterocycles. The van der Waals surface area contributed by atoms with Crippen LogP contribution in [0.15, 0.2) is 53.4 Å². The van der Waals surface area contributed by atoms with Crippen LogP contribution in [0, 0.1) is 6.92 Å². The normalized spacial score (nSPS) is 17.7. The number of fused-ring (bicyclic) bond motifs is 1. The number of aryl methyl sites for hydroxylation is 1. The van der Waals surface area contributed by atoms with E-state index in [-0.39, 0.29) is 22.0 Å². The second-order valence-corrected chi connectivity index (χ2v) is 13.0. The Morgan fingerprint density at radius 1 is 0.943 bits per heavy atom. The minimum absolute atomic E-state index is 0.146. The first-order valence-electron chi connectivity index (χ1n) is 11.4. The molecule has 1 fully saturated rings. The lowest BCUT2D eigenvalue weighted by Crippen LogP contribution is -2.35. The smallest absolute Gasteiger partial charge is 0.256 e. The molecule has 0 bridgehead atoms. The van der Waals surface area contributed by atoms with Crippen molar-refractivity contribution in [3.05, 3.63) is 70.9 Å². The molecular weight excluding hydrogens is 488 g/mol. The quantitative estimate of drug-likeness (QED) is 0.559. The van der Waals surface area contributed by atoms with E-state index in [9.17, 15) is 21.6 Å². The van der Waals surface area contributed by atoms with Crippen LogP contribution in [-0.2, 0) is 31.4 Å². The summed E-state index contributed by atoms with van der Waals surface area (Å²) in [7, 11) is -6.92. The highest BCUT2D eigenvalue weighted by atomic mass is 32.2. The van der Waals surface area contributed by atoms with E-state index in [1.807, 2.05) is 31.2 Å². The van der Waals surface area contributed by atoms with Gasteiger partial charge in [0.2, 0.25) is 10.0 Å². The summed E-state index contributed by atoms with van der Waals surface area (Å²) in [5, 5.41) is 7.29. The Morgan fingerprint density at radius 2 is 1.60 bits per heavy atom. The monoisotopic (exact) mass is 514 g/mol. The van der Waals surface area contributed by atoms with Crippen LogP contribution in [-0.4, -0.2) is 49.9 Å². The van der Waals surface area contributed by atoms with Crippen LogP contribution in [0.3, 0.4) is 0 Å². The fourth-order valence-corrected chi connectivity index (χ4v) is 7.47. The zero-order valence-corrected chi connectivity index (χ0v) is 20.9. The zero-order chi connectivity index (χ0) is 24.8. The number of hydrogen-bond acceptors (Lipinski definition) is 6. The van der Waals surface area contributed by atoms with E-state index in [1.54, 1.807) is 4.68 Å². The molecule has 184 valence electrons. The van der Waals surface area contributed by atoms with E-state index in [2.05, 4.69) is 10.4 Å².